The van der Waals surface area contributed by atoms with Crippen molar-refractivity contribution in [3.63, 3.8) is 0 Å². The minimum absolute atomic E-state index is 0. The van der Waals surface area contributed by atoms with Crippen LogP contribution in [0.15, 0.2) is 0 Å². The van der Waals surface area contributed by atoms with E-state index in [2.05, 4.69) is 5.32 Å². The predicted octanol–water partition coefficient (Wildman–Crippen LogP) is -2.07. The van der Waals surface area contributed by atoms with Crippen LogP contribution in [0.4, 0.5) is 0 Å². The molecule has 0 bridgehead atoms. The molecule has 0 saturated heterocycles. The van der Waals surface area contributed by atoms with E-state index in [4.69, 9.17) is 0 Å². The maximum absolute atomic E-state index is 10.5. The average Bonchev–Trinajstić information content (AvgIpc) is 1.83. The summed E-state index contributed by atoms with van der Waals surface area (Å²) in [5, 5.41) is 2.74. The number of amides is 1. The summed E-state index contributed by atoms with van der Waals surface area (Å²) in [6.45, 7) is 4.70. The van der Waals surface area contributed by atoms with Gasteiger partial charge in [-0.05, 0) is 6.42 Å². The number of hydrogen-bond acceptors (Lipinski definition) is 1. The van der Waals surface area contributed by atoms with Gasteiger partial charge >= 0.3 is 51.4 Å². The van der Waals surface area contributed by atoms with Gasteiger partial charge in [-0.25, -0.2) is 0 Å². The van der Waals surface area contributed by atoms with Crippen LogP contribution in [0.1, 0.15) is 26.7 Å². The third-order valence-electron chi connectivity index (χ3n) is 0.893. The van der Waals surface area contributed by atoms with Gasteiger partial charge in [-0.15, -0.1) is 0 Å². The molecule has 0 spiro atoms. The molecular weight excluding hydrogens is 141 g/mol. The van der Waals surface area contributed by atoms with Gasteiger partial charge < -0.3 is 5.32 Å². The van der Waals surface area contributed by atoms with E-state index >= 15 is 0 Å². The number of carbonyl (C=O) groups excluding carboxylic acids is 1. The van der Waals surface area contributed by atoms with Gasteiger partial charge in [0.2, 0.25) is 5.91 Å². The van der Waals surface area contributed by atoms with Crippen molar-refractivity contribution in [1.29, 1.82) is 0 Å². The second kappa shape index (κ2) is 9.11. The number of rotatable bonds is 3. The van der Waals surface area contributed by atoms with Gasteiger partial charge in [0.25, 0.3) is 0 Å². The Morgan fingerprint density at radius 2 is 2.00 bits per heavy atom. The summed E-state index contributed by atoms with van der Waals surface area (Å²) in [7, 11) is 0. The minimum Gasteiger partial charge on any atom is -0.356 e. The first-order valence-electron chi connectivity index (χ1n) is 3.08. The Labute approximate surface area is 99.2 Å². The molecular formula is C6H13KNO+. The van der Waals surface area contributed by atoms with Gasteiger partial charge in [0, 0.05) is 13.0 Å². The third-order valence-corrected chi connectivity index (χ3v) is 0.893. The zero-order valence-electron chi connectivity index (χ0n) is 6.53. The normalized spacial score (nSPS) is 7.78. The van der Waals surface area contributed by atoms with Gasteiger partial charge in [-0.3, -0.25) is 4.79 Å². The molecule has 0 aliphatic heterocycles. The molecule has 48 valence electrons. The summed E-state index contributed by atoms with van der Waals surface area (Å²) in [6, 6.07) is 0. The molecule has 1 amide bonds. The van der Waals surface area contributed by atoms with Crippen LogP contribution in [0, 0.1) is 0 Å². The monoisotopic (exact) mass is 154 g/mol. The summed E-state index contributed by atoms with van der Waals surface area (Å²) >= 11 is 0. The molecule has 0 fully saturated rings. The molecule has 0 aromatic heterocycles. The molecule has 0 heterocycles. The van der Waals surface area contributed by atoms with E-state index in [1.165, 1.54) is 0 Å². The van der Waals surface area contributed by atoms with Crippen LogP contribution in [-0.2, 0) is 4.79 Å². The molecule has 0 aromatic carbocycles. The standard InChI is InChI=1S/C6H13NO.K/c1-3-5-7-6(8)4-2;/h3-5H2,1-2H3,(H,7,8);/q;+1. The van der Waals surface area contributed by atoms with Crippen LogP contribution in [-0.4, -0.2) is 12.5 Å². The molecule has 0 rings (SSSR count). The molecule has 1 N–H and O–H groups in total. The Morgan fingerprint density at radius 1 is 1.44 bits per heavy atom. The number of hydrogen-bond donors (Lipinski definition) is 1. The third kappa shape index (κ3) is 9.11. The zero-order valence-corrected chi connectivity index (χ0v) is 9.65. The summed E-state index contributed by atoms with van der Waals surface area (Å²) in [6.07, 6.45) is 1.62. The van der Waals surface area contributed by atoms with Crippen molar-refractivity contribution in [3.05, 3.63) is 0 Å². The molecule has 0 unspecified atom stereocenters. The second-order valence-corrected chi connectivity index (χ2v) is 1.70. The molecule has 2 nitrogen and oxygen atoms in total. The number of nitrogens with one attached hydrogen (secondary N) is 1. The fourth-order valence-corrected chi connectivity index (χ4v) is 0.389. The van der Waals surface area contributed by atoms with Gasteiger partial charge in [-0.1, -0.05) is 13.8 Å². The second-order valence-electron chi connectivity index (χ2n) is 1.70. The molecule has 0 aliphatic rings. The van der Waals surface area contributed by atoms with Crippen molar-refractivity contribution >= 4 is 5.91 Å². The van der Waals surface area contributed by atoms with Gasteiger partial charge in [-0.2, -0.15) is 0 Å². The first-order valence-corrected chi connectivity index (χ1v) is 3.08. The largest absolute Gasteiger partial charge is 1.00 e. The summed E-state index contributed by atoms with van der Waals surface area (Å²) < 4.78 is 0. The molecule has 0 aromatic rings. The average molecular weight is 154 g/mol. The molecule has 0 atom stereocenters. The van der Waals surface area contributed by atoms with Crippen LogP contribution in [0.25, 0.3) is 0 Å². The van der Waals surface area contributed by atoms with E-state index in [0.29, 0.717) is 6.42 Å². The first kappa shape index (κ1) is 12.8. The molecule has 0 radical (unpaired) electrons. The van der Waals surface area contributed by atoms with Gasteiger partial charge in [0.15, 0.2) is 0 Å². The Balaban J connectivity index is 0. The first-order chi connectivity index (χ1) is 3.81. The summed E-state index contributed by atoms with van der Waals surface area (Å²) in [5.41, 5.74) is 0. The SMILES string of the molecule is CCCNC(=O)CC.[K+]. The fourth-order valence-electron chi connectivity index (χ4n) is 0.389. The molecule has 0 saturated carbocycles. The maximum Gasteiger partial charge on any atom is 1.00 e. The fraction of sp³-hybridized carbons (Fsp3) is 0.833. The van der Waals surface area contributed by atoms with E-state index in [-0.39, 0.29) is 57.3 Å². The number of carbonyl (C=O) groups is 1. The Hall–Kier alpha value is 1.11. The van der Waals surface area contributed by atoms with Crippen LogP contribution in [0.3, 0.4) is 0 Å². The topological polar surface area (TPSA) is 29.1 Å². The van der Waals surface area contributed by atoms with E-state index < -0.39 is 0 Å². The van der Waals surface area contributed by atoms with Crippen molar-refractivity contribution in [3.8, 4) is 0 Å². The van der Waals surface area contributed by atoms with E-state index in [1.54, 1.807) is 0 Å². The van der Waals surface area contributed by atoms with Crippen LogP contribution < -0.4 is 56.7 Å². The van der Waals surface area contributed by atoms with Gasteiger partial charge in [0.05, 0.1) is 0 Å². The Kier molecular flexibility index (Phi) is 12.9. The minimum atomic E-state index is 0. The summed E-state index contributed by atoms with van der Waals surface area (Å²) in [4.78, 5) is 10.5. The Morgan fingerprint density at radius 3 is 2.33 bits per heavy atom. The molecule has 9 heavy (non-hydrogen) atoms. The van der Waals surface area contributed by atoms with Crippen molar-refractivity contribution in [2.24, 2.45) is 0 Å². The van der Waals surface area contributed by atoms with E-state index in [9.17, 15) is 4.79 Å². The van der Waals surface area contributed by atoms with Crippen molar-refractivity contribution < 1.29 is 56.2 Å². The van der Waals surface area contributed by atoms with Crippen LogP contribution in [0.5, 0.6) is 0 Å². The van der Waals surface area contributed by atoms with Crippen molar-refractivity contribution in [1.82, 2.24) is 5.32 Å². The van der Waals surface area contributed by atoms with E-state index in [0.717, 1.165) is 13.0 Å². The van der Waals surface area contributed by atoms with Crippen LogP contribution >= 0.6 is 0 Å². The molecule has 0 aliphatic carbocycles. The van der Waals surface area contributed by atoms with E-state index in [1.807, 2.05) is 13.8 Å². The van der Waals surface area contributed by atoms with Gasteiger partial charge in [0.1, 0.15) is 0 Å². The van der Waals surface area contributed by atoms with Crippen molar-refractivity contribution in [2.45, 2.75) is 26.7 Å². The smallest absolute Gasteiger partial charge is 0.356 e. The zero-order chi connectivity index (χ0) is 6.41. The van der Waals surface area contributed by atoms with Crippen molar-refractivity contribution in [2.75, 3.05) is 6.54 Å². The summed E-state index contributed by atoms with van der Waals surface area (Å²) in [5.74, 6) is 0.145. The molecule has 3 heteroatoms. The maximum atomic E-state index is 10.5. The Bertz CT molecular complexity index is 75.5. The predicted molar refractivity (Wildman–Crippen MR) is 33.6 cm³/mol. The van der Waals surface area contributed by atoms with Crippen LogP contribution in [0.2, 0.25) is 0 Å². The quantitative estimate of drug-likeness (QED) is 0.465.